The fourth-order valence-corrected chi connectivity index (χ4v) is 3.54. The van der Waals surface area contributed by atoms with Gasteiger partial charge in [0, 0.05) is 17.7 Å². The summed E-state index contributed by atoms with van der Waals surface area (Å²) in [5.41, 5.74) is 2.65. The predicted molar refractivity (Wildman–Crippen MR) is 106 cm³/mol. The van der Waals surface area contributed by atoms with Crippen LogP contribution in [0.4, 0.5) is 4.79 Å². The van der Waals surface area contributed by atoms with Gasteiger partial charge in [0.25, 0.3) is 0 Å². The summed E-state index contributed by atoms with van der Waals surface area (Å²) in [7, 11) is 0. The topological polar surface area (TPSA) is 86.5 Å². The number of thiazole rings is 1. The molecule has 1 aliphatic rings. The lowest BCUT2D eigenvalue weighted by Gasteiger charge is -2.09. The number of hydrogen-bond acceptors (Lipinski definition) is 7. The highest BCUT2D eigenvalue weighted by molar-refractivity contribution is 7.14. The van der Waals surface area contributed by atoms with Crippen molar-refractivity contribution in [3.63, 3.8) is 0 Å². The maximum atomic E-state index is 11.9. The van der Waals surface area contributed by atoms with Gasteiger partial charge in [0.2, 0.25) is 5.06 Å². The maximum absolute atomic E-state index is 11.9. The summed E-state index contributed by atoms with van der Waals surface area (Å²) in [5.74, 6) is 0.723. The van der Waals surface area contributed by atoms with E-state index in [1.807, 2.05) is 49.4 Å². The number of carbonyl (C=O) groups is 1. The van der Waals surface area contributed by atoms with Crippen molar-refractivity contribution in [2.45, 2.75) is 19.4 Å². The van der Waals surface area contributed by atoms with Crippen LogP contribution in [0.5, 0.6) is 5.06 Å². The number of carbonyl (C=O) groups excluding carboxylic acids is 1. The van der Waals surface area contributed by atoms with Crippen LogP contribution in [0.15, 0.2) is 41.1 Å². The Hall–Kier alpha value is -2.97. The molecule has 1 atom stereocenters. The molecule has 28 heavy (non-hydrogen) atoms. The quantitative estimate of drug-likeness (QED) is 0.696. The van der Waals surface area contributed by atoms with Crippen LogP contribution in [-0.2, 0) is 4.74 Å². The van der Waals surface area contributed by atoms with Gasteiger partial charge in [-0.1, -0.05) is 46.8 Å². The molecule has 0 bridgehead atoms. The Labute approximate surface area is 166 Å². The van der Waals surface area contributed by atoms with Gasteiger partial charge in [-0.2, -0.15) is 0 Å². The fraction of sp³-hybridized carbons (Fsp3) is 0.250. The van der Waals surface area contributed by atoms with Crippen molar-refractivity contribution >= 4 is 29.6 Å². The molecule has 1 saturated heterocycles. The Balaban J connectivity index is 1.43. The summed E-state index contributed by atoms with van der Waals surface area (Å²) in [6.07, 6.45) is 5.61. The lowest BCUT2D eigenvalue weighted by molar-refractivity contribution is 0.179. The highest BCUT2D eigenvalue weighted by Gasteiger charge is 2.19. The van der Waals surface area contributed by atoms with Gasteiger partial charge in [0.1, 0.15) is 16.5 Å². The molecule has 3 aromatic rings. The third kappa shape index (κ3) is 4.29. The van der Waals surface area contributed by atoms with E-state index >= 15 is 0 Å². The van der Waals surface area contributed by atoms with E-state index in [-0.39, 0.29) is 6.04 Å². The first kappa shape index (κ1) is 18.4. The van der Waals surface area contributed by atoms with E-state index in [2.05, 4.69) is 15.5 Å². The van der Waals surface area contributed by atoms with Crippen molar-refractivity contribution < 1.29 is 18.8 Å². The van der Waals surface area contributed by atoms with E-state index in [1.165, 1.54) is 17.5 Å². The summed E-state index contributed by atoms with van der Waals surface area (Å²) in [6, 6.07) is 9.85. The second kappa shape index (κ2) is 8.37. The zero-order valence-electron chi connectivity index (χ0n) is 15.3. The fourth-order valence-electron chi connectivity index (χ4n) is 2.87. The zero-order chi connectivity index (χ0) is 19.3. The Bertz CT molecular complexity index is 975. The molecule has 1 fully saturated rings. The number of nitrogens with one attached hydrogen (secondary N) is 1. The highest BCUT2D eigenvalue weighted by Crippen LogP contribution is 2.28. The van der Waals surface area contributed by atoms with E-state index in [9.17, 15) is 4.79 Å². The van der Waals surface area contributed by atoms with Crippen molar-refractivity contribution in [3.05, 3.63) is 52.9 Å². The van der Waals surface area contributed by atoms with Crippen molar-refractivity contribution in [3.8, 4) is 16.3 Å². The predicted octanol–water partition coefficient (Wildman–Crippen LogP) is 4.15. The van der Waals surface area contributed by atoms with Gasteiger partial charge in [0.05, 0.1) is 18.8 Å². The van der Waals surface area contributed by atoms with Crippen LogP contribution in [0.3, 0.4) is 0 Å². The average molecular weight is 397 g/mol. The summed E-state index contributed by atoms with van der Waals surface area (Å²) in [4.78, 5) is 16.2. The number of nitrogens with zero attached hydrogens (tertiary/aromatic N) is 2. The second-order valence-electron chi connectivity index (χ2n) is 6.31. The zero-order valence-corrected chi connectivity index (χ0v) is 16.1. The molecule has 0 aliphatic carbocycles. The van der Waals surface area contributed by atoms with Crippen LogP contribution < -0.4 is 10.1 Å². The van der Waals surface area contributed by atoms with E-state index in [0.717, 1.165) is 29.0 Å². The molecule has 4 rings (SSSR count). The lowest BCUT2D eigenvalue weighted by atomic mass is 10.1. The molecule has 0 spiro atoms. The molecule has 0 saturated carbocycles. The van der Waals surface area contributed by atoms with Crippen LogP contribution in [0, 0.1) is 6.92 Å². The molecule has 3 heterocycles. The van der Waals surface area contributed by atoms with Crippen LogP contribution in [0.1, 0.15) is 22.8 Å². The number of aromatic nitrogens is 2. The molecule has 1 aromatic carbocycles. The number of aryl methyl sites for hydroxylation is 1. The van der Waals surface area contributed by atoms with E-state index < -0.39 is 6.09 Å². The van der Waals surface area contributed by atoms with Crippen LogP contribution in [0.2, 0.25) is 0 Å². The first-order valence-electron chi connectivity index (χ1n) is 8.91. The molecule has 0 unspecified atom stereocenters. The minimum absolute atomic E-state index is 0.00719. The maximum Gasteiger partial charge on any atom is 0.413 e. The molecule has 7 nitrogen and oxygen atoms in total. The first-order chi connectivity index (χ1) is 13.7. The van der Waals surface area contributed by atoms with Gasteiger partial charge in [-0.15, -0.1) is 0 Å². The van der Waals surface area contributed by atoms with Crippen LogP contribution in [-0.4, -0.2) is 35.5 Å². The molecule has 144 valence electrons. The number of rotatable bonds is 5. The lowest BCUT2D eigenvalue weighted by Crippen LogP contribution is -2.36. The standard InChI is InChI=1S/C20H19N3O4S/c1-13-16(19(23-27-13)14-5-3-2-4-6-14)7-8-17-21-11-18(28-17)26-20(24)22-15-9-10-25-12-15/h2-8,11,15H,9-10,12H2,1H3,(H,22,24)/b8-7+/t15-/m0/s1. The number of hydrogen-bond donors (Lipinski definition) is 1. The molecular weight excluding hydrogens is 378 g/mol. The summed E-state index contributed by atoms with van der Waals surface area (Å²) >= 11 is 1.29. The van der Waals surface area contributed by atoms with E-state index in [4.69, 9.17) is 14.0 Å². The normalized spacial score (nSPS) is 16.5. The van der Waals surface area contributed by atoms with Gasteiger partial charge in [-0.05, 0) is 25.5 Å². The number of ether oxygens (including phenoxy) is 2. The largest absolute Gasteiger partial charge is 0.413 e. The minimum Gasteiger partial charge on any atom is -0.397 e. The highest BCUT2D eigenvalue weighted by atomic mass is 32.1. The van der Waals surface area contributed by atoms with Gasteiger partial charge in [-0.3, -0.25) is 0 Å². The van der Waals surface area contributed by atoms with Gasteiger partial charge in [-0.25, -0.2) is 9.78 Å². The number of benzene rings is 1. The molecule has 2 aromatic heterocycles. The minimum atomic E-state index is -0.490. The Kier molecular flexibility index (Phi) is 5.50. The molecular formula is C20H19N3O4S. The third-order valence-corrected chi connectivity index (χ3v) is 5.14. The molecule has 8 heteroatoms. The molecule has 1 N–H and O–H groups in total. The SMILES string of the molecule is Cc1onc(-c2ccccc2)c1/C=C/c1ncc(OC(=O)N[C@H]2CCOC2)s1. The first-order valence-corrected chi connectivity index (χ1v) is 9.72. The second-order valence-corrected chi connectivity index (χ2v) is 7.34. The Morgan fingerprint density at radius 1 is 1.32 bits per heavy atom. The van der Waals surface area contributed by atoms with E-state index in [1.54, 1.807) is 0 Å². The smallest absolute Gasteiger partial charge is 0.397 e. The molecule has 0 radical (unpaired) electrons. The van der Waals surface area contributed by atoms with Crippen molar-refractivity contribution in [2.75, 3.05) is 13.2 Å². The monoisotopic (exact) mass is 397 g/mol. The molecule has 1 amide bonds. The summed E-state index contributed by atoms with van der Waals surface area (Å²) in [6.45, 7) is 3.05. The van der Waals surface area contributed by atoms with Gasteiger partial charge >= 0.3 is 6.09 Å². The van der Waals surface area contributed by atoms with Crippen LogP contribution in [0.25, 0.3) is 23.4 Å². The molecule has 1 aliphatic heterocycles. The third-order valence-electron chi connectivity index (χ3n) is 4.30. The Morgan fingerprint density at radius 3 is 2.96 bits per heavy atom. The number of amides is 1. The van der Waals surface area contributed by atoms with Gasteiger partial charge < -0.3 is 19.3 Å². The van der Waals surface area contributed by atoms with Crippen molar-refractivity contribution in [1.82, 2.24) is 15.5 Å². The summed E-state index contributed by atoms with van der Waals surface area (Å²) < 4.78 is 15.9. The van der Waals surface area contributed by atoms with Gasteiger partial charge in [0.15, 0.2) is 0 Å². The van der Waals surface area contributed by atoms with E-state index in [0.29, 0.717) is 23.3 Å². The Morgan fingerprint density at radius 2 is 2.18 bits per heavy atom. The summed E-state index contributed by atoms with van der Waals surface area (Å²) in [5, 5.41) is 8.08. The van der Waals surface area contributed by atoms with Crippen LogP contribution >= 0.6 is 11.3 Å². The van der Waals surface area contributed by atoms with Crippen molar-refractivity contribution in [2.24, 2.45) is 0 Å². The van der Waals surface area contributed by atoms with Crippen molar-refractivity contribution in [1.29, 1.82) is 0 Å². The average Bonchev–Trinajstić information content (AvgIpc) is 3.43.